The van der Waals surface area contributed by atoms with Gasteiger partial charge in [0.15, 0.2) is 0 Å². The number of carbonyl (C=O) groups is 2. The molecule has 0 aliphatic heterocycles. The number of nitrogens with one attached hydrogen (secondary N) is 3. The van der Waals surface area contributed by atoms with Gasteiger partial charge in [-0.1, -0.05) is 24.3 Å². The second-order valence-electron chi connectivity index (χ2n) is 7.08. The number of urea groups is 1. The van der Waals surface area contributed by atoms with E-state index in [0.29, 0.717) is 16.9 Å². The minimum absolute atomic E-state index is 0.0321. The van der Waals surface area contributed by atoms with Crippen molar-refractivity contribution in [1.29, 1.82) is 0 Å². The molecule has 0 fully saturated rings. The summed E-state index contributed by atoms with van der Waals surface area (Å²) in [5.41, 5.74) is 1.44. The number of amides is 3. The maximum Gasteiger partial charge on any atom is 0.323 e. The highest BCUT2D eigenvalue weighted by Gasteiger charge is 2.19. The number of non-ortho nitro benzene ring substituents is 2. The molecular formula is C22H19N5O6. The van der Waals surface area contributed by atoms with Gasteiger partial charge in [-0.25, -0.2) is 4.79 Å². The summed E-state index contributed by atoms with van der Waals surface area (Å²) in [6, 6.07) is 16.3. The molecule has 0 aliphatic rings. The Morgan fingerprint density at radius 3 is 1.97 bits per heavy atom. The highest BCUT2D eigenvalue weighted by atomic mass is 16.6. The van der Waals surface area contributed by atoms with Gasteiger partial charge >= 0.3 is 6.03 Å². The molecule has 0 atom stereocenters. The van der Waals surface area contributed by atoms with E-state index in [4.69, 9.17) is 0 Å². The average Bonchev–Trinajstić information content (AvgIpc) is 2.77. The number of nitrogens with zero attached hydrogens (tertiary/aromatic N) is 2. The van der Waals surface area contributed by atoms with Gasteiger partial charge in [0.25, 0.3) is 17.3 Å². The van der Waals surface area contributed by atoms with Crippen LogP contribution in [0.2, 0.25) is 0 Å². The van der Waals surface area contributed by atoms with Gasteiger partial charge in [-0.15, -0.1) is 0 Å². The van der Waals surface area contributed by atoms with Crippen LogP contribution in [0.4, 0.5) is 27.5 Å². The monoisotopic (exact) mass is 449 g/mol. The van der Waals surface area contributed by atoms with E-state index < -0.39 is 33.2 Å². The fourth-order valence-electron chi connectivity index (χ4n) is 3.00. The van der Waals surface area contributed by atoms with Crippen molar-refractivity contribution in [3.63, 3.8) is 0 Å². The Labute approximate surface area is 187 Å². The molecule has 0 bridgehead atoms. The molecule has 11 heteroatoms. The van der Waals surface area contributed by atoms with E-state index in [1.807, 2.05) is 25.1 Å². The maximum absolute atomic E-state index is 12.4. The van der Waals surface area contributed by atoms with E-state index in [1.165, 1.54) is 0 Å². The van der Waals surface area contributed by atoms with Crippen LogP contribution in [0, 0.1) is 27.2 Å². The number of carbonyl (C=O) groups excluding carboxylic acids is 2. The van der Waals surface area contributed by atoms with Crippen LogP contribution < -0.4 is 16.0 Å². The van der Waals surface area contributed by atoms with Gasteiger partial charge in [0.2, 0.25) is 0 Å². The Hall–Kier alpha value is -4.80. The first-order chi connectivity index (χ1) is 15.7. The van der Waals surface area contributed by atoms with Crippen molar-refractivity contribution in [2.24, 2.45) is 0 Å². The van der Waals surface area contributed by atoms with Crippen molar-refractivity contribution in [2.45, 2.75) is 13.5 Å². The van der Waals surface area contributed by atoms with E-state index in [0.717, 1.165) is 23.8 Å². The van der Waals surface area contributed by atoms with E-state index in [-0.39, 0.29) is 12.1 Å². The van der Waals surface area contributed by atoms with Crippen LogP contribution in [-0.2, 0) is 6.54 Å². The molecule has 33 heavy (non-hydrogen) atoms. The minimum atomic E-state index is -0.805. The molecule has 3 rings (SSSR count). The van der Waals surface area contributed by atoms with Crippen molar-refractivity contribution >= 4 is 34.7 Å². The number of aryl methyl sites for hydroxylation is 1. The smallest absolute Gasteiger partial charge is 0.323 e. The first kappa shape index (κ1) is 22.9. The fourth-order valence-corrected chi connectivity index (χ4v) is 3.00. The summed E-state index contributed by atoms with van der Waals surface area (Å²) in [7, 11) is 0. The predicted octanol–water partition coefficient (Wildman–Crippen LogP) is 4.39. The van der Waals surface area contributed by atoms with E-state index in [9.17, 15) is 29.8 Å². The number of rotatable bonds is 7. The van der Waals surface area contributed by atoms with Crippen molar-refractivity contribution < 1.29 is 19.4 Å². The molecule has 0 saturated carbocycles. The molecule has 0 heterocycles. The van der Waals surface area contributed by atoms with Gasteiger partial charge in [-0.2, -0.15) is 0 Å². The summed E-state index contributed by atoms with van der Waals surface area (Å²) in [5, 5.41) is 30.0. The zero-order valence-corrected chi connectivity index (χ0v) is 17.4. The molecule has 0 radical (unpaired) electrons. The molecule has 0 unspecified atom stereocenters. The second-order valence-corrected chi connectivity index (χ2v) is 7.08. The molecule has 0 aliphatic carbocycles. The third-order valence-electron chi connectivity index (χ3n) is 4.50. The average molecular weight is 449 g/mol. The third kappa shape index (κ3) is 6.34. The van der Waals surface area contributed by atoms with Crippen LogP contribution in [0.15, 0.2) is 66.7 Å². The molecule has 168 valence electrons. The van der Waals surface area contributed by atoms with Crippen molar-refractivity contribution in [3.05, 3.63) is 104 Å². The summed E-state index contributed by atoms with van der Waals surface area (Å²) in [5.74, 6) is -0.711. The van der Waals surface area contributed by atoms with Crippen LogP contribution in [0.1, 0.15) is 21.5 Å². The van der Waals surface area contributed by atoms with Gasteiger partial charge in [-0.05, 0) is 42.3 Å². The topological polar surface area (TPSA) is 157 Å². The lowest BCUT2D eigenvalue weighted by Gasteiger charge is -2.10. The Bertz CT molecular complexity index is 1210. The van der Waals surface area contributed by atoms with Crippen LogP contribution in [-0.4, -0.2) is 21.8 Å². The number of nitro benzene ring substituents is 2. The molecule has 0 aromatic heterocycles. The van der Waals surface area contributed by atoms with E-state index in [1.54, 1.807) is 30.3 Å². The summed E-state index contributed by atoms with van der Waals surface area (Å²) < 4.78 is 0. The van der Waals surface area contributed by atoms with Gasteiger partial charge in [0, 0.05) is 30.1 Å². The van der Waals surface area contributed by atoms with E-state index >= 15 is 0 Å². The van der Waals surface area contributed by atoms with E-state index in [2.05, 4.69) is 16.0 Å². The second kappa shape index (κ2) is 10.0. The van der Waals surface area contributed by atoms with Crippen LogP contribution in [0.5, 0.6) is 0 Å². The summed E-state index contributed by atoms with van der Waals surface area (Å²) in [6.07, 6.45) is 0. The molecule has 3 aromatic carbocycles. The predicted molar refractivity (Wildman–Crippen MR) is 121 cm³/mol. The van der Waals surface area contributed by atoms with Crippen LogP contribution >= 0.6 is 0 Å². The Morgan fingerprint density at radius 2 is 1.39 bits per heavy atom. The zero-order valence-electron chi connectivity index (χ0n) is 17.4. The first-order valence-electron chi connectivity index (χ1n) is 9.67. The van der Waals surface area contributed by atoms with Crippen LogP contribution in [0.25, 0.3) is 0 Å². The lowest BCUT2D eigenvalue weighted by atomic mass is 10.1. The number of benzene rings is 3. The van der Waals surface area contributed by atoms with Gasteiger partial charge in [-0.3, -0.25) is 25.0 Å². The van der Waals surface area contributed by atoms with Crippen molar-refractivity contribution in [1.82, 2.24) is 5.32 Å². The minimum Gasteiger partial charge on any atom is -0.348 e. The molecule has 3 amide bonds. The quantitative estimate of drug-likeness (QED) is 0.359. The number of anilines is 2. The normalized spacial score (nSPS) is 10.2. The highest BCUT2D eigenvalue weighted by molar-refractivity contribution is 6.00. The van der Waals surface area contributed by atoms with Crippen molar-refractivity contribution in [2.75, 3.05) is 10.6 Å². The summed E-state index contributed by atoms with van der Waals surface area (Å²) >= 11 is 0. The molecule has 3 aromatic rings. The molecule has 0 saturated heterocycles. The van der Waals surface area contributed by atoms with Crippen LogP contribution in [0.3, 0.4) is 0 Å². The van der Waals surface area contributed by atoms with Gasteiger partial charge in [0.05, 0.1) is 21.5 Å². The molecule has 3 N–H and O–H groups in total. The molecule has 0 spiro atoms. The number of hydrogen-bond acceptors (Lipinski definition) is 6. The zero-order chi connectivity index (χ0) is 24.0. The van der Waals surface area contributed by atoms with Gasteiger partial charge < -0.3 is 16.0 Å². The molecule has 11 nitrogen and oxygen atoms in total. The number of nitro groups is 2. The standard InChI is InChI=1S/C22H19N5O6/c1-14-4-2-6-17(8-14)24-22(29)25-18-7-3-5-15(9-18)13-23-21(28)16-10-19(26(30)31)12-20(11-16)27(32)33/h2-12H,13H2,1H3,(H,23,28)(H2,24,25,29). The Kier molecular flexibility index (Phi) is 6.94. The lowest BCUT2D eigenvalue weighted by molar-refractivity contribution is -0.394. The third-order valence-corrected chi connectivity index (χ3v) is 4.50. The maximum atomic E-state index is 12.4. The number of hydrogen-bond donors (Lipinski definition) is 3. The van der Waals surface area contributed by atoms with Crippen molar-refractivity contribution in [3.8, 4) is 0 Å². The van der Waals surface area contributed by atoms with Gasteiger partial charge in [0.1, 0.15) is 0 Å². The highest BCUT2D eigenvalue weighted by Crippen LogP contribution is 2.23. The first-order valence-corrected chi connectivity index (χ1v) is 9.67. The summed E-state index contributed by atoms with van der Waals surface area (Å²) in [4.78, 5) is 45.0. The Balaban J connectivity index is 1.65. The SMILES string of the molecule is Cc1cccc(NC(=O)Nc2cccc(CNC(=O)c3cc([N+](=O)[O-])cc([N+](=O)[O-])c3)c2)c1. The molecular weight excluding hydrogens is 430 g/mol. The largest absolute Gasteiger partial charge is 0.348 e. The lowest BCUT2D eigenvalue weighted by Crippen LogP contribution is -2.23. The Morgan fingerprint density at radius 1 is 0.818 bits per heavy atom. The summed E-state index contributed by atoms with van der Waals surface area (Å²) in [6.45, 7) is 1.94. The fraction of sp³-hybridized carbons (Fsp3) is 0.0909.